The molecule has 0 amide bonds. The van der Waals surface area contributed by atoms with Crippen molar-refractivity contribution < 1.29 is 0 Å². The van der Waals surface area contributed by atoms with Gasteiger partial charge >= 0.3 is 0 Å². The molecule has 0 heterocycles. The summed E-state index contributed by atoms with van der Waals surface area (Å²) in [5.74, 6) is 2.97. The first-order chi connectivity index (χ1) is 5.74. The highest BCUT2D eigenvalue weighted by atomic mass is 14.2. The van der Waals surface area contributed by atoms with Crippen LogP contribution >= 0.6 is 0 Å². The number of rotatable bonds is 1. The van der Waals surface area contributed by atoms with E-state index in [1.54, 1.807) is 0 Å². The summed E-state index contributed by atoms with van der Waals surface area (Å²) in [5.41, 5.74) is 0. The van der Waals surface area contributed by atoms with Gasteiger partial charge in [0.05, 0.1) is 0 Å². The van der Waals surface area contributed by atoms with Gasteiger partial charge in [0.2, 0.25) is 0 Å². The van der Waals surface area contributed by atoms with Crippen LogP contribution in [0.4, 0.5) is 0 Å². The van der Waals surface area contributed by atoms with Gasteiger partial charge in [0.25, 0.3) is 0 Å². The molecule has 72 valence electrons. The Kier molecular flexibility index (Phi) is 4.11. The highest BCUT2D eigenvalue weighted by Gasteiger charge is 2.19. The Bertz CT molecular complexity index is 117. The average Bonchev–Trinajstić information content (AvgIpc) is 2.06. The maximum Gasteiger partial charge on any atom is -0.0414 e. The topological polar surface area (TPSA) is 0 Å². The van der Waals surface area contributed by atoms with Crippen LogP contribution in [0.5, 0.6) is 0 Å². The molecule has 0 nitrogen and oxygen atoms in total. The van der Waals surface area contributed by atoms with Gasteiger partial charge in [0.15, 0.2) is 0 Å². The van der Waals surface area contributed by atoms with Crippen molar-refractivity contribution in [1.29, 1.82) is 0 Å². The molecule has 0 radical (unpaired) electrons. The SMILES string of the molecule is CCC1CCCCC(C)C(C)C1. The highest BCUT2D eigenvalue weighted by Crippen LogP contribution is 2.31. The third kappa shape index (κ3) is 2.80. The van der Waals surface area contributed by atoms with Gasteiger partial charge in [-0.1, -0.05) is 52.9 Å². The van der Waals surface area contributed by atoms with Crippen molar-refractivity contribution in [3.63, 3.8) is 0 Å². The van der Waals surface area contributed by atoms with Gasteiger partial charge in [-0.3, -0.25) is 0 Å². The summed E-state index contributed by atoms with van der Waals surface area (Å²) in [6.07, 6.45) is 8.80. The molecule has 12 heavy (non-hydrogen) atoms. The fourth-order valence-electron chi connectivity index (χ4n) is 2.43. The quantitative estimate of drug-likeness (QED) is 0.549. The van der Waals surface area contributed by atoms with Crippen LogP contribution in [0.25, 0.3) is 0 Å². The monoisotopic (exact) mass is 168 g/mol. The molecule has 1 aliphatic carbocycles. The van der Waals surface area contributed by atoms with Crippen molar-refractivity contribution in [3.8, 4) is 0 Å². The molecule has 3 unspecified atom stereocenters. The van der Waals surface area contributed by atoms with Gasteiger partial charge in [-0.15, -0.1) is 0 Å². The zero-order chi connectivity index (χ0) is 8.97. The highest BCUT2D eigenvalue weighted by molar-refractivity contribution is 4.70. The lowest BCUT2D eigenvalue weighted by atomic mass is 9.78. The first kappa shape index (κ1) is 10.1. The van der Waals surface area contributed by atoms with Crippen molar-refractivity contribution in [3.05, 3.63) is 0 Å². The van der Waals surface area contributed by atoms with Crippen LogP contribution in [-0.2, 0) is 0 Å². The van der Waals surface area contributed by atoms with Gasteiger partial charge in [-0.25, -0.2) is 0 Å². The van der Waals surface area contributed by atoms with Crippen LogP contribution in [0.1, 0.15) is 59.3 Å². The molecule has 1 fully saturated rings. The molecule has 0 heteroatoms. The second kappa shape index (κ2) is 4.89. The molecule has 1 aliphatic rings. The Balaban J connectivity index is 2.40. The van der Waals surface area contributed by atoms with Gasteiger partial charge in [-0.05, 0) is 24.2 Å². The van der Waals surface area contributed by atoms with E-state index in [0.717, 1.165) is 17.8 Å². The number of hydrogen-bond acceptors (Lipinski definition) is 0. The van der Waals surface area contributed by atoms with Crippen LogP contribution < -0.4 is 0 Å². The maximum atomic E-state index is 2.44. The average molecular weight is 168 g/mol. The van der Waals surface area contributed by atoms with Crippen LogP contribution in [0.2, 0.25) is 0 Å². The second-order valence-electron chi connectivity index (χ2n) is 4.75. The Morgan fingerprint density at radius 2 is 1.67 bits per heavy atom. The smallest absolute Gasteiger partial charge is 0.0414 e. The molecule has 0 bridgehead atoms. The lowest BCUT2D eigenvalue weighted by Gasteiger charge is -2.27. The normalized spacial score (nSPS) is 38.8. The van der Waals surface area contributed by atoms with E-state index in [0.29, 0.717) is 0 Å². The summed E-state index contributed by atoms with van der Waals surface area (Å²) < 4.78 is 0. The van der Waals surface area contributed by atoms with Gasteiger partial charge in [-0.2, -0.15) is 0 Å². The molecule has 1 rings (SSSR count). The summed E-state index contributed by atoms with van der Waals surface area (Å²) in [4.78, 5) is 0. The Morgan fingerprint density at radius 3 is 2.33 bits per heavy atom. The Labute approximate surface area is 77.7 Å². The molecule has 0 N–H and O–H groups in total. The molecule has 0 aromatic rings. The summed E-state index contributed by atoms with van der Waals surface area (Å²) in [7, 11) is 0. The zero-order valence-electron chi connectivity index (χ0n) is 8.97. The lowest BCUT2D eigenvalue weighted by Crippen LogP contribution is -2.16. The molecule has 0 aromatic heterocycles. The van der Waals surface area contributed by atoms with E-state index in [4.69, 9.17) is 0 Å². The predicted molar refractivity (Wildman–Crippen MR) is 55.2 cm³/mol. The molecule has 0 saturated heterocycles. The largest absolute Gasteiger partial charge is 0.0651 e. The van der Waals surface area contributed by atoms with E-state index in [-0.39, 0.29) is 0 Å². The van der Waals surface area contributed by atoms with Crippen molar-refractivity contribution in [2.75, 3.05) is 0 Å². The van der Waals surface area contributed by atoms with Gasteiger partial charge in [0, 0.05) is 0 Å². The second-order valence-corrected chi connectivity index (χ2v) is 4.75. The third-order valence-electron chi connectivity index (χ3n) is 3.78. The van der Waals surface area contributed by atoms with E-state index in [1.165, 1.54) is 38.5 Å². The molecule has 0 spiro atoms. The first-order valence-corrected chi connectivity index (χ1v) is 5.74. The summed E-state index contributed by atoms with van der Waals surface area (Å²) in [5, 5.41) is 0. The van der Waals surface area contributed by atoms with Crippen molar-refractivity contribution in [2.45, 2.75) is 59.3 Å². The predicted octanol–water partition coefficient (Wildman–Crippen LogP) is 4.25. The number of hydrogen-bond donors (Lipinski definition) is 0. The molecule has 1 saturated carbocycles. The van der Waals surface area contributed by atoms with Crippen molar-refractivity contribution >= 4 is 0 Å². The zero-order valence-corrected chi connectivity index (χ0v) is 8.97. The van der Waals surface area contributed by atoms with Crippen LogP contribution in [0, 0.1) is 17.8 Å². The maximum absolute atomic E-state index is 2.44. The summed E-state index contributed by atoms with van der Waals surface area (Å²) in [6, 6.07) is 0. The summed E-state index contributed by atoms with van der Waals surface area (Å²) in [6.45, 7) is 7.23. The van der Waals surface area contributed by atoms with E-state index in [2.05, 4.69) is 20.8 Å². The molecule has 3 atom stereocenters. The van der Waals surface area contributed by atoms with E-state index in [9.17, 15) is 0 Å². The van der Waals surface area contributed by atoms with Crippen LogP contribution in [0.15, 0.2) is 0 Å². The third-order valence-corrected chi connectivity index (χ3v) is 3.78. The fraction of sp³-hybridized carbons (Fsp3) is 1.00. The standard InChI is InChI=1S/C12H24/c1-4-12-8-6-5-7-10(2)11(3)9-12/h10-12H,4-9H2,1-3H3. The first-order valence-electron chi connectivity index (χ1n) is 5.74. The van der Waals surface area contributed by atoms with E-state index >= 15 is 0 Å². The lowest BCUT2D eigenvalue weighted by molar-refractivity contribution is 0.242. The minimum atomic E-state index is 0.968. The van der Waals surface area contributed by atoms with E-state index < -0.39 is 0 Å². The molecular formula is C12H24. The fourth-order valence-corrected chi connectivity index (χ4v) is 2.43. The van der Waals surface area contributed by atoms with Crippen molar-refractivity contribution in [1.82, 2.24) is 0 Å². The summed E-state index contributed by atoms with van der Waals surface area (Å²) >= 11 is 0. The Hall–Kier alpha value is 0. The van der Waals surface area contributed by atoms with Crippen LogP contribution in [0.3, 0.4) is 0 Å². The van der Waals surface area contributed by atoms with E-state index in [1.807, 2.05) is 0 Å². The Morgan fingerprint density at radius 1 is 1.00 bits per heavy atom. The van der Waals surface area contributed by atoms with Gasteiger partial charge in [0.1, 0.15) is 0 Å². The van der Waals surface area contributed by atoms with Gasteiger partial charge < -0.3 is 0 Å². The van der Waals surface area contributed by atoms with Crippen LogP contribution in [-0.4, -0.2) is 0 Å². The minimum Gasteiger partial charge on any atom is -0.0651 e. The molecule has 0 aliphatic heterocycles. The minimum absolute atomic E-state index is 0.968. The molecular weight excluding hydrogens is 144 g/mol. The molecule has 0 aromatic carbocycles. The van der Waals surface area contributed by atoms with Crippen molar-refractivity contribution in [2.24, 2.45) is 17.8 Å².